The van der Waals surface area contributed by atoms with Gasteiger partial charge in [0.2, 0.25) is 0 Å². The average Bonchev–Trinajstić information content (AvgIpc) is 2.98. The van der Waals surface area contributed by atoms with Gasteiger partial charge in [0.1, 0.15) is 0 Å². The molecular weight excluding hydrogens is 248 g/mol. The van der Waals surface area contributed by atoms with Crippen LogP contribution in [0, 0.1) is 0 Å². The minimum absolute atomic E-state index is 0.378. The maximum atomic E-state index is 4.31. The molecule has 4 heteroatoms. The molecule has 0 radical (unpaired) electrons. The van der Waals surface area contributed by atoms with Crippen LogP contribution in [0.4, 0.5) is 0 Å². The van der Waals surface area contributed by atoms with Crippen LogP contribution in [0.3, 0.4) is 0 Å². The third-order valence-corrected chi connectivity index (χ3v) is 3.44. The second-order valence-electron chi connectivity index (χ2n) is 5.06. The number of imidazole rings is 1. The first-order valence-corrected chi connectivity index (χ1v) is 6.83. The number of benzene rings is 1. The molecule has 2 heterocycles. The number of hydrogen-bond acceptors (Lipinski definition) is 3. The molecular formula is C16H18N4. The van der Waals surface area contributed by atoms with Gasteiger partial charge in [-0.25, -0.2) is 4.98 Å². The Labute approximate surface area is 118 Å². The first-order valence-electron chi connectivity index (χ1n) is 6.83. The fourth-order valence-electron chi connectivity index (χ4n) is 2.38. The highest BCUT2D eigenvalue weighted by Crippen LogP contribution is 2.16. The van der Waals surface area contributed by atoms with E-state index < -0.39 is 0 Å². The first kappa shape index (κ1) is 12.8. The summed E-state index contributed by atoms with van der Waals surface area (Å²) in [5.74, 6) is 0. The highest BCUT2D eigenvalue weighted by atomic mass is 15.1. The van der Waals surface area contributed by atoms with Crippen LogP contribution in [0.15, 0.2) is 55.4 Å². The van der Waals surface area contributed by atoms with Crippen LogP contribution < -0.4 is 5.32 Å². The Balaban J connectivity index is 1.67. The molecule has 0 aliphatic carbocycles. The van der Waals surface area contributed by atoms with Crippen LogP contribution in [0.25, 0.3) is 10.8 Å². The van der Waals surface area contributed by atoms with Crippen molar-refractivity contribution in [3.8, 4) is 0 Å². The number of fused-ring (bicyclic) bond motifs is 1. The van der Waals surface area contributed by atoms with Crippen molar-refractivity contribution in [2.24, 2.45) is 0 Å². The molecule has 0 fully saturated rings. The molecule has 4 nitrogen and oxygen atoms in total. The molecule has 20 heavy (non-hydrogen) atoms. The van der Waals surface area contributed by atoms with Crippen LogP contribution >= 0.6 is 0 Å². The molecule has 3 rings (SSSR count). The van der Waals surface area contributed by atoms with E-state index in [-0.39, 0.29) is 0 Å². The normalized spacial score (nSPS) is 12.7. The van der Waals surface area contributed by atoms with Gasteiger partial charge < -0.3 is 9.88 Å². The van der Waals surface area contributed by atoms with Crippen molar-refractivity contribution in [2.45, 2.75) is 26.1 Å². The summed E-state index contributed by atoms with van der Waals surface area (Å²) in [6.07, 6.45) is 9.49. The van der Waals surface area contributed by atoms with Crippen molar-refractivity contribution in [3.05, 3.63) is 60.9 Å². The zero-order chi connectivity index (χ0) is 13.8. The Bertz CT molecular complexity index is 671. The van der Waals surface area contributed by atoms with Gasteiger partial charge in [-0.15, -0.1) is 0 Å². The number of rotatable bonds is 5. The van der Waals surface area contributed by atoms with Crippen molar-refractivity contribution < 1.29 is 0 Å². The molecule has 3 aromatic rings. The average molecular weight is 266 g/mol. The lowest BCUT2D eigenvalue weighted by molar-refractivity contribution is 0.476. The van der Waals surface area contributed by atoms with E-state index in [0.717, 1.165) is 13.1 Å². The summed E-state index contributed by atoms with van der Waals surface area (Å²) in [7, 11) is 0. The smallest absolute Gasteiger partial charge is 0.0946 e. The van der Waals surface area contributed by atoms with Gasteiger partial charge in [-0.2, -0.15) is 0 Å². The van der Waals surface area contributed by atoms with E-state index in [9.17, 15) is 0 Å². The largest absolute Gasteiger partial charge is 0.336 e. The summed E-state index contributed by atoms with van der Waals surface area (Å²) >= 11 is 0. The summed E-state index contributed by atoms with van der Waals surface area (Å²) in [6, 6.07) is 8.74. The van der Waals surface area contributed by atoms with E-state index in [1.807, 2.05) is 31.0 Å². The summed E-state index contributed by atoms with van der Waals surface area (Å²) in [5.41, 5.74) is 1.24. The van der Waals surface area contributed by atoms with Gasteiger partial charge in [0.05, 0.1) is 6.33 Å². The first-order chi connectivity index (χ1) is 9.83. The topological polar surface area (TPSA) is 42.7 Å². The van der Waals surface area contributed by atoms with Crippen molar-refractivity contribution in [3.63, 3.8) is 0 Å². The number of aromatic nitrogens is 3. The van der Waals surface area contributed by atoms with Crippen LogP contribution in [-0.4, -0.2) is 20.6 Å². The molecule has 2 aromatic heterocycles. The van der Waals surface area contributed by atoms with Gasteiger partial charge in [0, 0.05) is 49.3 Å². The minimum Gasteiger partial charge on any atom is -0.336 e. The maximum absolute atomic E-state index is 4.31. The summed E-state index contributed by atoms with van der Waals surface area (Å²) < 4.78 is 2.08. The Kier molecular flexibility index (Phi) is 3.74. The molecule has 0 aliphatic heterocycles. The lowest BCUT2D eigenvalue weighted by Gasteiger charge is -2.15. The number of nitrogens with zero attached hydrogens (tertiary/aromatic N) is 3. The van der Waals surface area contributed by atoms with E-state index in [1.54, 1.807) is 6.20 Å². The molecule has 0 aliphatic rings. The predicted octanol–water partition coefficient (Wildman–Crippen LogP) is 2.61. The standard InChI is InChI=1S/C16H18N4/c1-13(11-20-7-6-17-12-20)19-10-15-9-18-8-14-4-2-3-5-16(14)15/h2-9,12-13,19H,10-11H2,1H3. The Morgan fingerprint density at radius 2 is 2.10 bits per heavy atom. The van der Waals surface area contributed by atoms with Crippen LogP contribution in [0.5, 0.6) is 0 Å². The number of pyridine rings is 1. The van der Waals surface area contributed by atoms with Gasteiger partial charge in [-0.1, -0.05) is 24.3 Å². The van der Waals surface area contributed by atoms with Gasteiger partial charge in [0.15, 0.2) is 0 Å². The van der Waals surface area contributed by atoms with Gasteiger partial charge in [-0.3, -0.25) is 4.98 Å². The monoisotopic (exact) mass is 266 g/mol. The molecule has 0 amide bonds. The van der Waals surface area contributed by atoms with E-state index >= 15 is 0 Å². The van der Waals surface area contributed by atoms with Gasteiger partial charge in [0.25, 0.3) is 0 Å². The third kappa shape index (κ3) is 2.86. The molecule has 1 unspecified atom stereocenters. The highest BCUT2D eigenvalue weighted by molar-refractivity contribution is 5.84. The summed E-state index contributed by atoms with van der Waals surface area (Å²) in [4.78, 5) is 8.37. The zero-order valence-corrected chi connectivity index (χ0v) is 11.5. The van der Waals surface area contributed by atoms with Gasteiger partial charge >= 0.3 is 0 Å². The van der Waals surface area contributed by atoms with E-state index in [2.05, 4.69) is 45.0 Å². The lowest BCUT2D eigenvalue weighted by Crippen LogP contribution is -2.29. The molecule has 1 N–H and O–H groups in total. The minimum atomic E-state index is 0.378. The van der Waals surface area contributed by atoms with Crippen molar-refractivity contribution in [1.29, 1.82) is 0 Å². The Morgan fingerprint density at radius 1 is 1.20 bits per heavy atom. The number of nitrogens with one attached hydrogen (secondary N) is 1. The summed E-state index contributed by atoms with van der Waals surface area (Å²) in [5, 5.41) is 6.00. The third-order valence-electron chi connectivity index (χ3n) is 3.44. The lowest BCUT2D eigenvalue weighted by atomic mass is 10.1. The highest BCUT2D eigenvalue weighted by Gasteiger charge is 2.05. The van der Waals surface area contributed by atoms with Crippen LogP contribution in [-0.2, 0) is 13.1 Å². The van der Waals surface area contributed by atoms with Crippen LogP contribution in [0.2, 0.25) is 0 Å². The van der Waals surface area contributed by atoms with Gasteiger partial charge in [-0.05, 0) is 17.9 Å². The molecule has 0 saturated heterocycles. The number of hydrogen-bond donors (Lipinski definition) is 1. The maximum Gasteiger partial charge on any atom is 0.0946 e. The van der Waals surface area contributed by atoms with E-state index in [4.69, 9.17) is 0 Å². The van der Waals surface area contributed by atoms with E-state index in [1.165, 1.54) is 16.3 Å². The molecule has 0 saturated carbocycles. The molecule has 0 spiro atoms. The molecule has 102 valence electrons. The Hall–Kier alpha value is -2.20. The quantitative estimate of drug-likeness (QED) is 0.772. The molecule has 1 aromatic carbocycles. The molecule has 0 bridgehead atoms. The van der Waals surface area contributed by atoms with Crippen LogP contribution in [0.1, 0.15) is 12.5 Å². The fourth-order valence-corrected chi connectivity index (χ4v) is 2.38. The predicted molar refractivity (Wildman–Crippen MR) is 80.3 cm³/mol. The second kappa shape index (κ2) is 5.84. The van der Waals surface area contributed by atoms with Crippen molar-refractivity contribution >= 4 is 10.8 Å². The zero-order valence-electron chi connectivity index (χ0n) is 11.5. The summed E-state index contributed by atoms with van der Waals surface area (Å²) in [6.45, 7) is 3.92. The second-order valence-corrected chi connectivity index (χ2v) is 5.06. The molecule has 1 atom stereocenters. The van der Waals surface area contributed by atoms with Crippen molar-refractivity contribution in [1.82, 2.24) is 19.9 Å². The van der Waals surface area contributed by atoms with Crippen molar-refractivity contribution in [2.75, 3.05) is 0 Å². The SMILES string of the molecule is CC(Cn1ccnc1)NCc1cncc2ccccc12. The fraction of sp³-hybridized carbons (Fsp3) is 0.250. The Morgan fingerprint density at radius 3 is 2.95 bits per heavy atom. The van der Waals surface area contributed by atoms with E-state index in [0.29, 0.717) is 6.04 Å².